The maximum Gasteiger partial charge on any atom is 0.185 e. The van der Waals surface area contributed by atoms with E-state index >= 15 is 0 Å². The number of nitrogens with one attached hydrogen (secondary N) is 1. The Morgan fingerprint density at radius 3 is 2.64 bits per heavy atom. The lowest BCUT2D eigenvalue weighted by molar-refractivity contribution is -0.120. The first-order valence-corrected chi connectivity index (χ1v) is 4.57. The third-order valence-corrected chi connectivity index (χ3v) is 1.86. The quantitative estimate of drug-likeness (QED) is 0.414. The van der Waals surface area contributed by atoms with Gasteiger partial charge in [-0.2, -0.15) is 5.26 Å². The Morgan fingerprint density at radius 1 is 1.71 bits per heavy atom. The predicted molar refractivity (Wildman–Crippen MR) is 53.0 cm³/mol. The van der Waals surface area contributed by atoms with Gasteiger partial charge in [0.05, 0.1) is 6.07 Å². The molecule has 0 aliphatic rings. The average Bonchev–Trinajstić information content (AvgIpc) is 2.13. The minimum Gasteiger partial charge on any atom is -0.467 e. The standard InChI is InChI=1S/C10H16N2O2/c1-4-8(5-6-11)9(12)14-10(2,3)7-13/h7-8,12H,4-5H2,1-3H3/t8-/m1/s1. The molecule has 1 atom stereocenters. The van der Waals surface area contributed by atoms with Gasteiger partial charge in [0.2, 0.25) is 0 Å². The van der Waals surface area contributed by atoms with Gasteiger partial charge in [-0.05, 0) is 20.3 Å². The zero-order valence-electron chi connectivity index (χ0n) is 8.83. The van der Waals surface area contributed by atoms with Crippen molar-refractivity contribution in [3.05, 3.63) is 0 Å². The maximum atomic E-state index is 10.5. The molecule has 14 heavy (non-hydrogen) atoms. The van der Waals surface area contributed by atoms with Crippen LogP contribution in [0.1, 0.15) is 33.6 Å². The summed E-state index contributed by atoms with van der Waals surface area (Å²) in [4.78, 5) is 10.5. The minimum atomic E-state index is -0.972. The summed E-state index contributed by atoms with van der Waals surface area (Å²) >= 11 is 0. The van der Waals surface area contributed by atoms with E-state index in [1.807, 2.05) is 13.0 Å². The summed E-state index contributed by atoms with van der Waals surface area (Å²) in [5.74, 6) is -0.189. The second kappa shape index (κ2) is 5.38. The predicted octanol–water partition coefficient (Wildman–Crippen LogP) is 1.90. The Kier molecular flexibility index (Phi) is 4.85. The lowest BCUT2D eigenvalue weighted by Gasteiger charge is -2.23. The van der Waals surface area contributed by atoms with E-state index in [1.165, 1.54) is 0 Å². The van der Waals surface area contributed by atoms with Crippen LogP contribution < -0.4 is 0 Å². The van der Waals surface area contributed by atoms with E-state index < -0.39 is 5.60 Å². The fourth-order valence-corrected chi connectivity index (χ4v) is 0.923. The summed E-state index contributed by atoms with van der Waals surface area (Å²) in [6.45, 7) is 5.06. The first-order valence-electron chi connectivity index (χ1n) is 4.57. The normalized spacial score (nSPS) is 12.7. The molecule has 0 rings (SSSR count). The lowest BCUT2D eigenvalue weighted by Crippen LogP contribution is -2.32. The fraction of sp³-hybridized carbons (Fsp3) is 0.700. The lowest BCUT2D eigenvalue weighted by atomic mass is 10.0. The third kappa shape index (κ3) is 4.04. The van der Waals surface area contributed by atoms with Crippen LogP contribution in [0.4, 0.5) is 0 Å². The molecule has 0 radical (unpaired) electrons. The smallest absolute Gasteiger partial charge is 0.185 e. The van der Waals surface area contributed by atoms with Gasteiger partial charge in [-0.25, -0.2) is 0 Å². The van der Waals surface area contributed by atoms with Crippen molar-refractivity contribution in [3.8, 4) is 6.07 Å². The van der Waals surface area contributed by atoms with E-state index in [4.69, 9.17) is 15.4 Å². The zero-order chi connectivity index (χ0) is 11.2. The van der Waals surface area contributed by atoms with Crippen LogP contribution in [-0.4, -0.2) is 17.8 Å². The number of carbonyl (C=O) groups excluding carboxylic acids is 1. The van der Waals surface area contributed by atoms with Crippen molar-refractivity contribution in [1.82, 2.24) is 0 Å². The zero-order valence-corrected chi connectivity index (χ0v) is 8.83. The molecular weight excluding hydrogens is 180 g/mol. The summed E-state index contributed by atoms with van der Waals surface area (Å²) in [5.41, 5.74) is -0.972. The molecule has 0 saturated heterocycles. The van der Waals surface area contributed by atoms with E-state index in [9.17, 15) is 4.79 Å². The Morgan fingerprint density at radius 2 is 2.29 bits per heavy atom. The van der Waals surface area contributed by atoms with E-state index in [0.717, 1.165) is 0 Å². The highest BCUT2D eigenvalue weighted by Gasteiger charge is 2.23. The first kappa shape index (κ1) is 12.6. The van der Waals surface area contributed by atoms with Crippen molar-refractivity contribution in [1.29, 1.82) is 10.7 Å². The SMILES string of the molecule is CC[C@H](CC#N)C(=N)OC(C)(C)C=O. The third-order valence-electron chi connectivity index (χ3n) is 1.86. The molecule has 0 aliphatic heterocycles. The molecule has 0 amide bonds. The number of aldehydes is 1. The molecule has 0 aromatic carbocycles. The second-order valence-corrected chi connectivity index (χ2v) is 3.66. The molecule has 0 aliphatic carbocycles. The van der Waals surface area contributed by atoms with Crippen molar-refractivity contribution in [2.24, 2.45) is 5.92 Å². The van der Waals surface area contributed by atoms with Gasteiger partial charge in [-0.15, -0.1) is 0 Å². The van der Waals surface area contributed by atoms with Crippen LogP contribution in [0.15, 0.2) is 0 Å². The van der Waals surface area contributed by atoms with Crippen LogP contribution in [0, 0.1) is 22.7 Å². The van der Waals surface area contributed by atoms with Crippen molar-refractivity contribution in [3.63, 3.8) is 0 Å². The van der Waals surface area contributed by atoms with Gasteiger partial charge in [0.15, 0.2) is 17.8 Å². The molecule has 0 spiro atoms. The number of nitriles is 1. The largest absolute Gasteiger partial charge is 0.467 e. The van der Waals surface area contributed by atoms with Gasteiger partial charge < -0.3 is 4.74 Å². The van der Waals surface area contributed by atoms with E-state index in [2.05, 4.69) is 0 Å². The average molecular weight is 196 g/mol. The van der Waals surface area contributed by atoms with E-state index in [0.29, 0.717) is 12.7 Å². The first-order chi connectivity index (χ1) is 6.46. The number of hydrogen-bond acceptors (Lipinski definition) is 4. The molecule has 0 fully saturated rings. The molecule has 0 unspecified atom stereocenters. The van der Waals surface area contributed by atoms with Gasteiger partial charge in [0.1, 0.15) is 0 Å². The highest BCUT2D eigenvalue weighted by Crippen LogP contribution is 2.15. The minimum absolute atomic E-state index is 0.0196. The van der Waals surface area contributed by atoms with Crippen LogP contribution in [0.5, 0.6) is 0 Å². The Labute approximate surface area is 84.4 Å². The molecule has 0 aromatic rings. The maximum absolute atomic E-state index is 10.5. The summed E-state index contributed by atoms with van der Waals surface area (Å²) in [7, 11) is 0. The number of nitrogens with zero attached hydrogens (tertiary/aromatic N) is 1. The Balaban J connectivity index is 4.32. The second-order valence-electron chi connectivity index (χ2n) is 3.66. The van der Waals surface area contributed by atoms with Crippen LogP contribution in [0.2, 0.25) is 0 Å². The summed E-state index contributed by atoms with van der Waals surface area (Å²) in [6, 6.07) is 1.99. The Hall–Kier alpha value is -1.37. The molecule has 4 heteroatoms. The monoisotopic (exact) mass is 196 g/mol. The molecule has 1 N–H and O–H groups in total. The molecule has 0 heterocycles. The number of rotatable bonds is 5. The molecule has 4 nitrogen and oxygen atoms in total. The van der Waals surface area contributed by atoms with Crippen molar-refractivity contribution in [2.75, 3.05) is 0 Å². The number of ether oxygens (including phenoxy) is 1. The van der Waals surface area contributed by atoms with Gasteiger partial charge in [0.25, 0.3) is 0 Å². The molecular formula is C10H16N2O2. The number of carbonyl (C=O) groups is 1. The van der Waals surface area contributed by atoms with E-state index in [1.54, 1.807) is 13.8 Å². The summed E-state index contributed by atoms with van der Waals surface area (Å²) < 4.78 is 5.16. The highest BCUT2D eigenvalue weighted by atomic mass is 16.5. The van der Waals surface area contributed by atoms with Gasteiger partial charge in [0, 0.05) is 12.3 Å². The van der Waals surface area contributed by atoms with Crippen molar-refractivity contribution in [2.45, 2.75) is 39.2 Å². The van der Waals surface area contributed by atoms with Crippen LogP contribution in [0.25, 0.3) is 0 Å². The molecule has 0 aromatic heterocycles. The van der Waals surface area contributed by atoms with Crippen molar-refractivity contribution >= 4 is 12.2 Å². The van der Waals surface area contributed by atoms with Crippen LogP contribution in [-0.2, 0) is 9.53 Å². The topological polar surface area (TPSA) is 73.9 Å². The fourth-order valence-electron chi connectivity index (χ4n) is 0.923. The van der Waals surface area contributed by atoms with Crippen LogP contribution >= 0.6 is 0 Å². The van der Waals surface area contributed by atoms with Gasteiger partial charge in [-0.3, -0.25) is 10.2 Å². The summed E-state index contributed by atoms with van der Waals surface area (Å²) in [6.07, 6.45) is 1.58. The molecule has 78 valence electrons. The van der Waals surface area contributed by atoms with Gasteiger partial charge >= 0.3 is 0 Å². The molecule has 0 saturated carbocycles. The van der Waals surface area contributed by atoms with Gasteiger partial charge in [-0.1, -0.05) is 6.92 Å². The Bertz CT molecular complexity index is 253. The highest BCUT2D eigenvalue weighted by molar-refractivity contribution is 5.78. The van der Waals surface area contributed by atoms with Crippen LogP contribution in [0.3, 0.4) is 0 Å². The van der Waals surface area contributed by atoms with Crippen molar-refractivity contribution < 1.29 is 9.53 Å². The summed E-state index contributed by atoms with van der Waals surface area (Å²) in [5, 5.41) is 16.1. The number of hydrogen-bond donors (Lipinski definition) is 1. The molecule has 0 bridgehead atoms. The van der Waals surface area contributed by atoms with E-state index in [-0.39, 0.29) is 18.2 Å².